The summed E-state index contributed by atoms with van der Waals surface area (Å²) >= 11 is 0. The Kier molecular flexibility index (Phi) is 5.78. The van der Waals surface area contributed by atoms with Gasteiger partial charge in [0.1, 0.15) is 17.2 Å². The fourth-order valence-corrected chi connectivity index (χ4v) is 3.51. The first-order valence-corrected chi connectivity index (χ1v) is 9.39. The van der Waals surface area contributed by atoms with Crippen LogP contribution in [0.4, 0.5) is 5.69 Å². The lowest BCUT2D eigenvalue weighted by Gasteiger charge is -2.19. The summed E-state index contributed by atoms with van der Waals surface area (Å²) in [5.41, 5.74) is 5.91. The van der Waals surface area contributed by atoms with E-state index in [-0.39, 0.29) is 11.7 Å². The Morgan fingerprint density at radius 3 is 2.32 bits per heavy atom. The Balaban J connectivity index is 2.00. The maximum atomic E-state index is 11.0. The number of benzene rings is 3. The van der Waals surface area contributed by atoms with Crippen molar-refractivity contribution in [2.45, 2.75) is 26.2 Å². The van der Waals surface area contributed by atoms with Crippen LogP contribution < -0.4 is 10.1 Å². The van der Waals surface area contributed by atoms with Crippen LogP contribution >= 0.6 is 0 Å². The van der Waals surface area contributed by atoms with E-state index < -0.39 is 0 Å². The quantitative estimate of drug-likeness (QED) is 0.517. The molecule has 3 N–H and O–H groups in total. The second-order valence-electron chi connectivity index (χ2n) is 7.12. The Morgan fingerprint density at radius 1 is 1.00 bits per heavy atom. The second kappa shape index (κ2) is 8.26. The molecule has 4 nitrogen and oxygen atoms in total. The zero-order valence-corrected chi connectivity index (χ0v) is 16.8. The molecule has 0 aliphatic heterocycles. The molecule has 28 heavy (non-hydrogen) atoms. The lowest BCUT2D eigenvalue weighted by molar-refractivity contribution is 0.411. The molecule has 0 spiro atoms. The fraction of sp³-hybridized carbons (Fsp3) is 0.250. The molecule has 3 aromatic carbocycles. The van der Waals surface area contributed by atoms with Crippen LogP contribution in [0.2, 0.25) is 0 Å². The highest BCUT2D eigenvalue weighted by Gasteiger charge is 2.18. The maximum Gasteiger partial charge on any atom is 0.123 e. The standard InChI is InChI=1S/C24H27NO3/c1-15-11-18(7-10-23(15)28-4)16(2)22-14-20(25-3)13-19(24(22)27)12-17-5-8-21(26)9-6-17/h5-11,13-14,16,25-27H,12H2,1-4H3. The smallest absolute Gasteiger partial charge is 0.123 e. The Hall–Kier alpha value is -3.14. The van der Waals surface area contributed by atoms with E-state index in [1.807, 2.05) is 50.4 Å². The van der Waals surface area contributed by atoms with E-state index in [2.05, 4.69) is 18.3 Å². The number of nitrogens with one attached hydrogen (secondary N) is 1. The number of ether oxygens (including phenoxy) is 1. The van der Waals surface area contributed by atoms with Crippen molar-refractivity contribution in [2.75, 3.05) is 19.5 Å². The number of hydrogen-bond acceptors (Lipinski definition) is 4. The van der Waals surface area contributed by atoms with Crippen molar-refractivity contribution in [3.63, 3.8) is 0 Å². The molecule has 0 bridgehead atoms. The number of aryl methyl sites for hydroxylation is 1. The first kappa shape index (κ1) is 19.6. The largest absolute Gasteiger partial charge is 0.508 e. The third kappa shape index (κ3) is 4.06. The van der Waals surface area contributed by atoms with Crippen molar-refractivity contribution in [3.05, 3.63) is 82.4 Å². The van der Waals surface area contributed by atoms with Crippen LogP contribution in [0.15, 0.2) is 54.6 Å². The normalized spacial score (nSPS) is 11.9. The summed E-state index contributed by atoms with van der Waals surface area (Å²) < 4.78 is 5.36. The molecule has 0 aliphatic rings. The van der Waals surface area contributed by atoms with Crippen LogP contribution in [-0.4, -0.2) is 24.4 Å². The van der Waals surface area contributed by atoms with Gasteiger partial charge < -0.3 is 20.3 Å². The number of phenolic OH excluding ortho intramolecular Hbond substituents is 2. The molecule has 0 saturated heterocycles. The molecule has 4 heteroatoms. The van der Waals surface area contributed by atoms with E-state index in [0.29, 0.717) is 12.2 Å². The average Bonchev–Trinajstić information content (AvgIpc) is 2.70. The summed E-state index contributed by atoms with van der Waals surface area (Å²) in [6.45, 7) is 4.12. The molecular formula is C24H27NO3. The van der Waals surface area contributed by atoms with E-state index >= 15 is 0 Å². The molecule has 0 amide bonds. The van der Waals surface area contributed by atoms with Crippen LogP contribution in [0.5, 0.6) is 17.2 Å². The van der Waals surface area contributed by atoms with Gasteiger partial charge in [-0.1, -0.05) is 31.2 Å². The van der Waals surface area contributed by atoms with Gasteiger partial charge in [-0.15, -0.1) is 0 Å². The summed E-state index contributed by atoms with van der Waals surface area (Å²) in [4.78, 5) is 0. The Bertz CT molecular complexity index is 964. The summed E-state index contributed by atoms with van der Waals surface area (Å²) in [5, 5.41) is 23.7. The lowest BCUT2D eigenvalue weighted by atomic mass is 9.88. The molecular weight excluding hydrogens is 350 g/mol. The van der Waals surface area contributed by atoms with Crippen molar-refractivity contribution in [1.82, 2.24) is 0 Å². The number of methoxy groups -OCH3 is 1. The highest BCUT2D eigenvalue weighted by atomic mass is 16.5. The Morgan fingerprint density at radius 2 is 1.71 bits per heavy atom. The first-order valence-electron chi connectivity index (χ1n) is 9.39. The molecule has 3 aromatic rings. The molecule has 1 atom stereocenters. The van der Waals surface area contributed by atoms with Gasteiger partial charge in [-0.3, -0.25) is 0 Å². The van der Waals surface area contributed by atoms with E-state index in [9.17, 15) is 10.2 Å². The van der Waals surface area contributed by atoms with Gasteiger partial charge in [-0.05, 0) is 53.9 Å². The molecule has 0 aromatic heterocycles. The van der Waals surface area contributed by atoms with Gasteiger partial charge in [-0.25, -0.2) is 0 Å². The summed E-state index contributed by atoms with van der Waals surface area (Å²) in [7, 11) is 3.55. The van der Waals surface area contributed by atoms with Gasteiger partial charge in [0, 0.05) is 36.2 Å². The van der Waals surface area contributed by atoms with Crippen molar-refractivity contribution in [2.24, 2.45) is 0 Å². The minimum Gasteiger partial charge on any atom is -0.508 e. The number of hydrogen-bond donors (Lipinski definition) is 3. The molecule has 0 aliphatic carbocycles. The number of aromatic hydroxyl groups is 2. The highest BCUT2D eigenvalue weighted by Crippen LogP contribution is 2.38. The number of phenols is 2. The molecule has 0 heterocycles. The van der Waals surface area contributed by atoms with E-state index in [0.717, 1.165) is 39.3 Å². The van der Waals surface area contributed by atoms with Crippen LogP contribution in [0, 0.1) is 6.92 Å². The van der Waals surface area contributed by atoms with Gasteiger partial charge >= 0.3 is 0 Å². The monoisotopic (exact) mass is 377 g/mol. The third-order valence-electron chi connectivity index (χ3n) is 5.22. The van der Waals surface area contributed by atoms with Gasteiger partial charge in [0.15, 0.2) is 0 Å². The topological polar surface area (TPSA) is 61.7 Å². The molecule has 0 saturated carbocycles. The molecule has 3 rings (SSSR count). The minimum atomic E-state index is 0.0245. The zero-order chi connectivity index (χ0) is 20.3. The van der Waals surface area contributed by atoms with Gasteiger partial charge in [0.05, 0.1) is 7.11 Å². The Labute approximate surface area is 166 Å². The predicted molar refractivity (Wildman–Crippen MR) is 114 cm³/mol. The predicted octanol–water partition coefficient (Wildman–Crippen LogP) is 5.20. The zero-order valence-electron chi connectivity index (χ0n) is 16.8. The lowest BCUT2D eigenvalue weighted by Crippen LogP contribution is -2.02. The van der Waals surface area contributed by atoms with Crippen LogP contribution in [0.25, 0.3) is 0 Å². The average molecular weight is 377 g/mol. The van der Waals surface area contributed by atoms with Crippen molar-refractivity contribution < 1.29 is 14.9 Å². The maximum absolute atomic E-state index is 11.0. The van der Waals surface area contributed by atoms with E-state index in [1.54, 1.807) is 19.2 Å². The van der Waals surface area contributed by atoms with Gasteiger partial charge in [0.25, 0.3) is 0 Å². The fourth-order valence-electron chi connectivity index (χ4n) is 3.51. The molecule has 0 radical (unpaired) electrons. The molecule has 1 unspecified atom stereocenters. The van der Waals surface area contributed by atoms with E-state index in [4.69, 9.17) is 4.74 Å². The summed E-state index contributed by atoms with van der Waals surface area (Å²) in [6, 6.07) is 17.2. The SMILES string of the molecule is CNc1cc(Cc2ccc(O)cc2)c(O)c(C(C)c2ccc(OC)c(C)c2)c1. The number of anilines is 1. The number of rotatable bonds is 6. The molecule has 0 fully saturated rings. The summed E-state index contributed by atoms with van der Waals surface area (Å²) in [5.74, 6) is 1.43. The van der Waals surface area contributed by atoms with Crippen LogP contribution in [-0.2, 0) is 6.42 Å². The second-order valence-corrected chi connectivity index (χ2v) is 7.12. The van der Waals surface area contributed by atoms with Crippen molar-refractivity contribution in [3.8, 4) is 17.2 Å². The van der Waals surface area contributed by atoms with Crippen molar-refractivity contribution in [1.29, 1.82) is 0 Å². The van der Waals surface area contributed by atoms with E-state index in [1.165, 1.54) is 0 Å². The van der Waals surface area contributed by atoms with Gasteiger partial charge in [-0.2, -0.15) is 0 Å². The third-order valence-corrected chi connectivity index (χ3v) is 5.22. The van der Waals surface area contributed by atoms with Gasteiger partial charge in [0.2, 0.25) is 0 Å². The first-order chi connectivity index (χ1) is 13.4. The molecule has 146 valence electrons. The minimum absolute atomic E-state index is 0.0245. The van der Waals surface area contributed by atoms with Crippen LogP contribution in [0.3, 0.4) is 0 Å². The highest BCUT2D eigenvalue weighted by molar-refractivity contribution is 5.59. The van der Waals surface area contributed by atoms with Crippen molar-refractivity contribution >= 4 is 5.69 Å². The summed E-state index contributed by atoms with van der Waals surface area (Å²) in [6.07, 6.45) is 0.586. The van der Waals surface area contributed by atoms with Crippen LogP contribution in [0.1, 0.15) is 40.7 Å².